The molecular weight excluding hydrogens is 304 g/mol. The Morgan fingerprint density at radius 2 is 2.05 bits per heavy atom. The minimum atomic E-state index is 0.232. The van der Waals surface area contributed by atoms with Gasteiger partial charge in [0.1, 0.15) is 0 Å². The van der Waals surface area contributed by atoms with E-state index in [0.29, 0.717) is 0 Å². The van der Waals surface area contributed by atoms with Crippen molar-refractivity contribution in [1.29, 1.82) is 0 Å². The van der Waals surface area contributed by atoms with E-state index in [9.17, 15) is 0 Å². The molecule has 1 aliphatic heterocycles. The number of hydrogen-bond acceptors (Lipinski definition) is 4. The Hall–Kier alpha value is -1.23. The van der Waals surface area contributed by atoms with Crippen molar-refractivity contribution in [1.82, 2.24) is 0 Å². The van der Waals surface area contributed by atoms with Crippen molar-refractivity contribution in [3.8, 4) is 0 Å². The van der Waals surface area contributed by atoms with E-state index in [4.69, 9.17) is 16.3 Å². The molecule has 1 aromatic heterocycles. The highest BCUT2D eigenvalue weighted by Gasteiger charge is 2.16. The summed E-state index contributed by atoms with van der Waals surface area (Å²) in [5.74, 6) is 0. The number of benzene rings is 1. The molecule has 1 N–H and O–H groups in total. The van der Waals surface area contributed by atoms with Crippen LogP contribution in [-0.4, -0.2) is 26.3 Å². The van der Waals surface area contributed by atoms with Crippen molar-refractivity contribution in [2.45, 2.75) is 13.0 Å². The number of nitrogens with one attached hydrogen (secondary N) is 1. The van der Waals surface area contributed by atoms with Crippen LogP contribution in [0.4, 0.5) is 11.4 Å². The minimum absolute atomic E-state index is 0.232. The van der Waals surface area contributed by atoms with E-state index in [1.165, 1.54) is 11.3 Å². The van der Waals surface area contributed by atoms with Gasteiger partial charge in [-0.25, -0.2) is 0 Å². The lowest BCUT2D eigenvalue weighted by Gasteiger charge is -2.31. The Bertz CT molecular complexity index is 595. The maximum Gasteiger partial charge on any atom is 0.0931 e. The third kappa shape index (κ3) is 3.51. The minimum Gasteiger partial charge on any atom is -0.378 e. The van der Waals surface area contributed by atoms with E-state index < -0.39 is 0 Å². The fourth-order valence-corrected chi connectivity index (χ4v) is 3.53. The average Bonchev–Trinajstić information content (AvgIpc) is 2.95. The van der Waals surface area contributed by atoms with E-state index in [-0.39, 0.29) is 6.04 Å². The van der Waals surface area contributed by atoms with Crippen LogP contribution in [-0.2, 0) is 4.74 Å². The largest absolute Gasteiger partial charge is 0.378 e. The molecule has 3 rings (SSSR count). The second-order valence-corrected chi connectivity index (χ2v) is 6.71. The summed E-state index contributed by atoms with van der Waals surface area (Å²) >= 11 is 7.60. The Morgan fingerprint density at radius 1 is 1.29 bits per heavy atom. The number of halogens is 1. The van der Waals surface area contributed by atoms with Crippen LogP contribution in [0.3, 0.4) is 0 Å². The Morgan fingerprint density at radius 3 is 2.76 bits per heavy atom. The first-order chi connectivity index (χ1) is 10.2. The topological polar surface area (TPSA) is 24.5 Å². The number of hydrogen-bond donors (Lipinski definition) is 1. The molecule has 1 aliphatic rings. The number of anilines is 2. The first-order valence-electron chi connectivity index (χ1n) is 7.16. The van der Waals surface area contributed by atoms with Gasteiger partial charge in [-0.2, -0.15) is 0 Å². The monoisotopic (exact) mass is 322 g/mol. The molecule has 0 radical (unpaired) electrons. The SMILES string of the molecule is CC(Nc1ccccc1N1CCOCC1)c1csc(Cl)c1. The van der Waals surface area contributed by atoms with E-state index in [1.807, 2.05) is 6.07 Å². The summed E-state index contributed by atoms with van der Waals surface area (Å²) in [5.41, 5.74) is 3.63. The Labute approximate surface area is 134 Å². The van der Waals surface area contributed by atoms with Crippen molar-refractivity contribution in [3.05, 3.63) is 45.6 Å². The van der Waals surface area contributed by atoms with Gasteiger partial charge in [-0.15, -0.1) is 11.3 Å². The van der Waals surface area contributed by atoms with Gasteiger partial charge in [-0.3, -0.25) is 0 Å². The van der Waals surface area contributed by atoms with Crippen LogP contribution in [0.15, 0.2) is 35.7 Å². The van der Waals surface area contributed by atoms with Gasteiger partial charge in [-0.1, -0.05) is 23.7 Å². The highest BCUT2D eigenvalue weighted by atomic mass is 35.5. The zero-order valence-corrected chi connectivity index (χ0v) is 13.6. The molecule has 1 unspecified atom stereocenters. The molecule has 2 aromatic rings. The lowest BCUT2D eigenvalue weighted by atomic mass is 10.1. The van der Waals surface area contributed by atoms with Crippen LogP contribution in [0.5, 0.6) is 0 Å². The van der Waals surface area contributed by atoms with Crippen molar-refractivity contribution in [2.24, 2.45) is 0 Å². The smallest absolute Gasteiger partial charge is 0.0931 e. The molecule has 0 spiro atoms. The van der Waals surface area contributed by atoms with E-state index >= 15 is 0 Å². The number of thiophene rings is 1. The van der Waals surface area contributed by atoms with E-state index in [2.05, 4.69) is 46.8 Å². The average molecular weight is 323 g/mol. The lowest BCUT2D eigenvalue weighted by molar-refractivity contribution is 0.123. The number of ether oxygens (including phenoxy) is 1. The summed E-state index contributed by atoms with van der Waals surface area (Å²) < 4.78 is 6.27. The summed E-state index contributed by atoms with van der Waals surface area (Å²) in [4.78, 5) is 2.37. The lowest BCUT2D eigenvalue weighted by Crippen LogP contribution is -2.36. The summed E-state index contributed by atoms with van der Waals surface area (Å²) in [7, 11) is 0. The number of nitrogens with zero attached hydrogens (tertiary/aromatic N) is 1. The summed E-state index contributed by atoms with van der Waals surface area (Å²) in [6.07, 6.45) is 0. The Balaban J connectivity index is 1.78. The van der Waals surface area contributed by atoms with Crippen molar-refractivity contribution >= 4 is 34.3 Å². The van der Waals surface area contributed by atoms with Gasteiger partial charge in [0.15, 0.2) is 0 Å². The molecule has 2 heterocycles. The molecule has 1 fully saturated rings. The van der Waals surface area contributed by atoms with Gasteiger partial charge in [0.25, 0.3) is 0 Å². The van der Waals surface area contributed by atoms with Crippen LogP contribution in [0.25, 0.3) is 0 Å². The molecule has 0 aliphatic carbocycles. The molecule has 1 atom stereocenters. The molecule has 1 aromatic carbocycles. The molecule has 0 amide bonds. The molecule has 0 saturated carbocycles. The number of morpholine rings is 1. The van der Waals surface area contributed by atoms with Crippen molar-refractivity contribution < 1.29 is 4.74 Å². The zero-order valence-electron chi connectivity index (χ0n) is 12.0. The molecule has 21 heavy (non-hydrogen) atoms. The molecule has 3 nitrogen and oxygen atoms in total. The van der Waals surface area contributed by atoms with Gasteiger partial charge in [0, 0.05) is 19.1 Å². The highest BCUT2D eigenvalue weighted by Crippen LogP contribution is 2.31. The molecule has 5 heteroatoms. The van der Waals surface area contributed by atoms with Gasteiger partial charge in [0.2, 0.25) is 0 Å². The van der Waals surface area contributed by atoms with Crippen LogP contribution in [0.1, 0.15) is 18.5 Å². The maximum atomic E-state index is 6.03. The summed E-state index contributed by atoms with van der Waals surface area (Å²) in [6, 6.07) is 10.7. The molecule has 112 valence electrons. The number of para-hydroxylation sites is 2. The van der Waals surface area contributed by atoms with E-state index in [1.54, 1.807) is 11.3 Å². The van der Waals surface area contributed by atoms with Crippen LogP contribution >= 0.6 is 22.9 Å². The quantitative estimate of drug-likeness (QED) is 0.902. The second-order valence-electron chi connectivity index (χ2n) is 5.17. The Kier molecular flexibility index (Phi) is 4.68. The van der Waals surface area contributed by atoms with Gasteiger partial charge < -0.3 is 15.0 Å². The van der Waals surface area contributed by atoms with Crippen LogP contribution in [0, 0.1) is 0 Å². The maximum absolute atomic E-state index is 6.03. The summed E-state index contributed by atoms with van der Waals surface area (Å²) in [5, 5.41) is 5.71. The zero-order chi connectivity index (χ0) is 14.7. The third-order valence-electron chi connectivity index (χ3n) is 3.72. The van der Waals surface area contributed by atoms with E-state index in [0.717, 1.165) is 36.3 Å². The molecular formula is C16H19ClN2OS. The fraction of sp³-hybridized carbons (Fsp3) is 0.375. The first-order valence-corrected chi connectivity index (χ1v) is 8.42. The predicted molar refractivity (Wildman–Crippen MR) is 90.8 cm³/mol. The predicted octanol–water partition coefficient (Wildman–Crippen LogP) is 4.41. The number of rotatable bonds is 4. The van der Waals surface area contributed by atoms with Crippen LogP contribution in [0.2, 0.25) is 4.34 Å². The standard InChI is InChI=1S/C16H19ClN2OS/c1-12(13-10-16(17)21-11-13)18-14-4-2-3-5-15(14)19-6-8-20-9-7-19/h2-5,10-12,18H,6-9H2,1H3. The second kappa shape index (κ2) is 6.69. The van der Waals surface area contributed by atoms with Gasteiger partial charge >= 0.3 is 0 Å². The fourth-order valence-electron chi connectivity index (χ4n) is 2.54. The normalized spacial score (nSPS) is 16.8. The van der Waals surface area contributed by atoms with Crippen molar-refractivity contribution in [3.63, 3.8) is 0 Å². The highest BCUT2D eigenvalue weighted by molar-refractivity contribution is 7.14. The first kappa shape index (κ1) is 14.7. The summed E-state index contributed by atoms with van der Waals surface area (Å²) in [6.45, 7) is 5.64. The molecule has 0 bridgehead atoms. The van der Waals surface area contributed by atoms with Crippen molar-refractivity contribution in [2.75, 3.05) is 36.5 Å². The van der Waals surface area contributed by atoms with Gasteiger partial charge in [0.05, 0.1) is 28.9 Å². The third-order valence-corrected chi connectivity index (χ3v) is 4.82. The van der Waals surface area contributed by atoms with Crippen LogP contribution < -0.4 is 10.2 Å². The molecule has 1 saturated heterocycles. The van der Waals surface area contributed by atoms with Gasteiger partial charge in [-0.05, 0) is 36.1 Å².